The number of amides is 2. The molecule has 0 aromatic heterocycles. The predicted octanol–water partition coefficient (Wildman–Crippen LogP) is 4.91. The number of nitrogens with zero attached hydrogens (tertiary/aromatic N) is 2. The Hall–Kier alpha value is -2.62. The maximum absolute atomic E-state index is 15.4. The third-order valence-corrected chi connectivity index (χ3v) is 11.6. The van der Waals surface area contributed by atoms with Crippen molar-refractivity contribution in [3.8, 4) is 0 Å². The smallest absolute Gasteiger partial charge is 0.327 e. The number of nitrogens with one attached hydrogen (secondary N) is 1. The van der Waals surface area contributed by atoms with Gasteiger partial charge in [0.15, 0.2) is 11.8 Å². The number of hydrogen-bond acceptors (Lipinski definition) is 9. The molecule has 0 radical (unpaired) electrons. The van der Waals surface area contributed by atoms with Gasteiger partial charge in [0, 0.05) is 42.8 Å². The number of likely N-dealkylation sites (N-methyl/N-ethyl adjacent to an activating group) is 1. The van der Waals surface area contributed by atoms with Gasteiger partial charge in [-0.2, -0.15) is 5.06 Å². The number of carbonyl (C=O) groups is 3. The molecule has 1 saturated carbocycles. The molecule has 12 heteroatoms. The lowest BCUT2D eigenvalue weighted by molar-refractivity contribution is -0.225. The SMILES string of the molecule is CCCCCC1(CCCCC)O[C@@H]2[C@H](O1)[C@H]1ON(Cc3cccc(I)c3)[C@H]3C(=O)O[C@@H]2C[C@@]13C(=O)N(C)[C@H](Cc1ccccc1)C(=O)NCCO. The summed E-state index contributed by atoms with van der Waals surface area (Å²) >= 11 is 2.25. The van der Waals surface area contributed by atoms with E-state index in [2.05, 4.69) is 41.8 Å². The summed E-state index contributed by atoms with van der Waals surface area (Å²) in [7, 11) is 1.62. The van der Waals surface area contributed by atoms with Crippen LogP contribution in [0.5, 0.6) is 0 Å². The summed E-state index contributed by atoms with van der Waals surface area (Å²) in [6, 6.07) is 15.5. The summed E-state index contributed by atoms with van der Waals surface area (Å²) in [6.45, 7) is 4.40. The topological polar surface area (TPSA) is 127 Å². The molecule has 2 aromatic rings. The molecular formula is C39H52IN3O8. The molecule has 3 heterocycles. The second-order valence-corrected chi connectivity index (χ2v) is 15.7. The molecule has 3 saturated heterocycles. The van der Waals surface area contributed by atoms with Gasteiger partial charge in [-0.1, -0.05) is 82.0 Å². The zero-order valence-corrected chi connectivity index (χ0v) is 32.1. The third kappa shape index (κ3) is 7.73. The van der Waals surface area contributed by atoms with Crippen LogP contribution in [0.4, 0.5) is 0 Å². The van der Waals surface area contributed by atoms with Crippen molar-refractivity contribution in [3.63, 3.8) is 0 Å². The summed E-state index contributed by atoms with van der Waals surface area (Å²) < 4.78 is 21.2. The molecule has 2 aromatic carbocycles. The molecule has 2 bridgehead atoms. The second-order valence-electron chi connectivity index (χ2n) is 14.5. The highest BCUT2D eigenvalue weighted by atomic mass is 127. The van der Waals surface area contributed by atoms with Crippen molar-refractivity contribution >= 4 is 40.4 Å². The largest absolute Gasteiger partial charge is 0.458 e. The molecule has 6 rings (SSSR count). The number of hydrogen-bond donors (Lipinski definition) is 2. The van der Waals surface area contributed by atoms with Gasteiger partial charge in [0.05, 0.1) is 13.2 Å². The van der Waals surface area contributed by atoms with Gasteiger partial charge in [-0.15, -0.1) is 0 Å². The van der Waals surface area contributed by atoms with Crippen molar-refractivity contribution in [3.05, 3.63) is 69.3 Å². The van der Waals surface area contributed by atoms with Crippen LogP contribution in [0, 0.1) is 8.99 Å². The number of fused-ring (bicyclic) bond motifs is 4. The molecule has 7 atom stereocenters. The predicted molar refractivity (Wildman–Crippen MR) is 198 cm³/mol. The average molecular weight is 818 g/mol. The fraction of sp³-hybridized carbons (Fsp3) is 0.615. The Morgan fingerprint density at radius 3 is 2.35 bits per heavy atom. The number of benzene rings is 2. The number of ether oxygens (including phenoxy) is 3. The molecule has 51 heavy (non-hydrogen) atoms. The van der Waals surface area contributed by atoms with Gasteiger partial charge in [0.25, 0.3) is 0 Å². The summed E-state index contributed by atoms with van der Waals surface area (Å²) in [5.74, 6) is -2.18. The first-order valence-electron chi connectivity index (χ1n) is 18.6. The van der Waals surface area contributed by atoms with Gasteiger partial charge >= 0.3 is 5.97 Å². The lowest BCUT2D eigenvalue weighted by Crippen LogP contribution is -2.70. The molecule has 4 fully saturated rings. The average Bonchev–Trinajstić information content (AvgIpc) is 3.68. The van der Waals surface area contributed by atoms with E-state index < -0.39 is 53.7 Å². The van der Waals surface area contributed by atoms with E-state index in [1.54, 1.807) is 12.1 Å². The number of halogens is 1. The van der Waals surface area contributed by atoms with Crippen molar-refractivity contribution in [2.45, 2.75) is 127 Å². The molecule has 1 aliphatic carbocycles. The Labute approximate surface area is 314 Å². The zero-order chi connectivity index (χ0) is 36.2. The van der Waals surface area contributed by atoms with Crippen LogP contribution in [0.3, 0.4) is 0 Å². The highest BCUT2D eigenvalue weighted by molar-refractivity contribution is 14.1. The number of hydroxylamine groups is 2. The lowest BCUT2D eigenvalue weighted by Gasteiger charge is -2.50. The molecule has 4 aliphatic rings. The Kier molecular flexibility index (Phi) is 12.4. The Morgan fingerprint density at radius 2 is 1.69 bits per heavy atom. The lowest BCUT2D eigenvalue weighted by atomic mass is 9.62. The highest BCUT2D eigenvalue weighted by Gasteiger charge is 2.76. The van der Waals surface area contributed by atoms with Crippen molar-refractivity contribution in [2.75, 3.05) is 20.2 Å². The second kappa shape index (κ2) is 16.6. The van der Waals surface area contributed by atoms with Crippen molar-refractivity contribution in [1.82, 2.24) is 15.3 Å². The van der Waals surface area contributed by atoms with Crippen molar-refractivity contribution in [1.29, 1.82) is 0 Å². The fourth-order valence-electron chi connectivity index (χ4n) is 8.50. The van der Waals surface area contributed by atoms with E-state index in [-0.39, 0.29) is 44.4 Å². The Morgan fingerprint density at radius 1 is 1.00 bits per heavy atom. The Bertz CT molecular complexity index is 1520. The number of esters is 1. The zero-order valence-electron chi connectivity index (χ0n) is 29.9. The summed E-state index contributed by atoms with van der Waals surface area (Å²) in [5.41, 5.74) is 0.390. The summed E-state index contributed by atoms with van der Waals surface area (Å²) in [4.78, 5) is 51.6. The van der Waals surface area contributed by atoms with Crippen LogP contribution in [0.1, 0.15) is 82.8 Å². The van der Waals surface area contributed by atoms with Gasteiger partial charge in [0.1, 0.15) is 35.9 Å². The van der Waals surface area contributed by atoms with Gasteiger partial charge in [0.2, 0.25) is 11.8 Å². The molecule has 3 aliphatic heterocycles. The van der Waals surface area contributed by atoms with Crippen LogP contribution in [-0.4, -0.2) is 95.3 Å². The van der Waals surface area contributed by atoms with Crippen LogP contribution >= 0.6 is 22.6 Å². The third-order valence-electron chi connectivity index (χ3n) is 11.0. The van der Waals surface area contributed by atoms with Gasteiger partial charge in [-0.3, -0.25) is 19.2 Å². The molecular weight excluding hydrogens is 765 g/mol. The standard InChI is InChI=1S/C39H52IN3O8/c1-4-6-11-18-38(19-12-7-5-2)49-31-30-24-39(37(47)42(3)29(35(45)41-20-21-44)23-26-14-9-8-10-15-26)33(36(46)48-30)43(51-34(39)32(31)50-38)25-27-16-13-17-28(40)22-27/h8-10,13-17,22,29-34,44H,4-7,11-12,18-21,23-25H2,1-3H3,(H,41,45)/t29-,30-,31+,32+,33+,34-,39+/m1/s1. The van der Waals surface area contributed by atoms with E-state index in [1.807, 2.05) is 54.6 Å². The molecule has 11 nitrogen and oxygen atoms in total. The van der Waals surface area contributed by atoms with Crippen LogP contribution < -0.4 is 5.32 Å². The first-order chi connectivity index (χ1) is 24.7. The number of carbonyl (C=O) groups excluding carboxylic acids is 3. The first-order valence-corrected chi connectivity index (χ1v) is 19.7. The van der Waals surface area contributed by atoms with E-state index in [1.165, 1.54) is 4.90 Å². The minimum Gasteiger partial charge on any atom is -0.458 e. The molecule has 278 valence electrons. The maximum Gasteiger partial charge on any atom is 0.327 e. The molecule has 2 N–H and O–H groups in total. The number of aliphatic hydroxyl groups excluding tert-OH is 1. The van der Waals surface area contributed by atoms with E-state index in [0.717, 1.165) is 53.2 Å². The van der Waals surface area contributed by atoms with E-state index in [0.29, 0.717) is 12.8 Å². The van der Waals surface area contributed by atoms with Crippen LogP contribution in [0.2, 0.25) is 0 Å². The first kappa shape index (κ1) is 38.1. The molecule has 0 spiro atoms. The van der Waals surface area contributed by atoms with E-state index >= 15 is 4.79 Å². The number of unbranched alkanes of at least 4 members (excludes halogenated alkanes) is 4. The van der Waals surface area contributed by atoms with Gasteiger partial charge < -0.3 is 29.5 Å². The molecule has 2 amide bonds. The van der Waals surface area contributed by atoms with Crippen LogP contribution in [0.25, 0.3) is 0 Å². The van der Waals surface area contributed by atoms with E-state index in [9.17, 15) is 14.7 Å². The van der Waals surface area contributed by atoms with Crippen LogP contribution in [-0.2, 0) is 46.4 Å². The number of rotatable bonds is 17. The minimum atomic E-state index is -1.41. The van der Waals surface area contributed by atoms with Crippen molar-refractivity contribution < 1.29 is 38.5 Å². The monoisotopic (exact) mass is 817 g/mol. The minimum absolute atomic E-state index is 0.0524. The summed E-state index contributed by atoms with van der Waals surface area (Å²) in [5, 5.41) is 13.9. The van der Waals surface area contributed by atoms with Gasteiger partial charge in [-0.25, -0.2) is 0 Å². The van der Waals surface area contributed by atoms with Gasteiger partial charge in [-0.05, 0) is 58.7 Å². The van der Waals surface area contributed by atoms with Crippen molar-refractivity contribution in [2.24, 2.45) is 5.41 Å². The fourth-order valence-corrected chi connectivity index (χ4v) is 9.11. The molecule has 0 unspecified atom stereocenters. The highest BCUT2D eigenvalue weighted by Crippen LogP contribution is 2.58. The number of aliphatic hydroxyl groups is 1. The maximum atomic E-state index is 15.4. The van der Waals surface area contributed by atoms with Crippen LogP contribution in [0.15, 0.2) is 54.6 Å². The normalized spacial score (nSPS) is 28.2. The Balaban J connectivity index is 1.40. The van der Waals surface area contributed by atoms with E-state index in [4.69, 9.17) is 19.0 Å². The quantitative estimate of drug-likeness (QED) is 0.130. The summed E-state index contributed by atoms with van der Waals surface area (Å²) in [6.07, 6.45) is 5.02.